The molecule has 1 amide bonds. The third-order valence-electron chi connectivity index (χ3n) is 5.85. The Bertz CT molecular complexity index is 1050. The van der Waals surface area contributed by atoms with E-state index in [2.05, 4.69) is 19.8 Å². The number of pyridine rings is 2. The van der Waals surface area contributed by atoms with Gasteiger partial charge in [-0.05, 0) is 30.7 Å². The van der Waals surface area contributed by atoms with Crippen LogP contribution in [0.2, 0.25) is 0 Å². The Morgan fingerprint density at radius 1 is 1.09 bits per heavy atom. The Morgan fingerprint density at radius 2 is 1.94 bits per heavy atom. The van der Waals surface area contributed by atoms with Gasteiger partial charge in [0.05, 0.1) is 18.3 Å². The van der Waals surface area contributed by atoms with Crippen LogP contribution in [0.3, 0.4) is 0 Å². The third kappa shape index (κ3) is 5.26. The summed E-state index contributed by atoms with van der Waals surface area (Å²) in [5.74, 6) is 0.579. The number of methoxy groups -OCH3 is 1. The van der Waals surface area contributed by atoms with Crippen LogP contribution in [0, 0.1) is 0 Å². The third-order valence-corrected chi connectivity index (χ3v) is 5.85. The van der Waals surface area contributed by atoms with Crippen LogP contribution in [0.4, 0.5) is 10.5 Å². The fraction of sp³-hybridized carbons (Fsp3) is 0.375. The lowest BCUT2D eigenvalue weighted by atomic mass is 10.2. The van der Waals surface area contributed by atoms with Crippen molar-refractivity contribution in [3.05, 3.63) is 60.3 Å². The number of fused-ring (bicyclic) bond motifs is 1. The molecule has 0 bridgehead atoms. The average Bonchev–Trinajstić information content (AvgIpc) is 3.07. The number of rotatable bonds is 7. The molecule has 32 heavy (non-hydrogen) atoms. The van der Waals surface area contributed by atoms with E-state index >= 15 is 0 Å². The molecule has 1 N–H and O–H groups in total. The zero-order chi connectivity index (χ0) is 22.3. The molecule has 0 radical (unpaired) electrons. The normalized spacial score (nSPS) is 14.8. The van der Waals surface area contributed by atoms with Gasteiger partial charge < -0.3 is 19.6 Å². The first-order chi connectivity index (χ1) is 15.6. The van der Waals surface area contributed by atoms with Crippen LogP contribution in [0.25, 0.3) is 11.0 Å². The minimum absolute atomic E-state index is 0.409. The van der Waals surface area contributed by atoms with Crippen molar-refractivity contribution in [1.82, 2.24) is 19.8 Å². The van der Waals surface area contributed by atoms with Crippen molar-refractivity contribution in [3.8, 4) is 5.88 Å². The van der Waals surface area contributed by atoms with Crippen molar-refractivity contribution < 1.29 is 14.6 Å². The van der Waals surface area contributed by atoms with E-state index in [9.17, 15) is 9.90 Å². The topological polar surface area (TPSA) is 82.0 Å². The molecule has 1 aliphatic heterocycles. The monoisotopic (exact) mass is 435 g/mol. The standard InChI is InChI=1S/C24H29N5O3/c1-32-22-9-8-20-23(26-22)21(10-11-25-20)28-13-5-12-27(14-16-28)15-17-29(24(30)31)18-19-6-3-2-4-7-19/h2-4,6-11H,5,12-18H2,1H3,(H,30,31). The van der Waals surface area contributed by atoms with Gasteiger partial charge in [0.25, 0.3) is 0 Å². The maximum Gasteiger partial charge on any atom is 0.407 e. The van der Waals surface area contributed by atoms with Crippen LogP contribution in [0.1, 0.15) is 12.0 Å². The number of carboxylic acid groups (broad SMARTS) is 1. The number of aromatic nitrogens is 2. The SMILES string of the molecule is COc1ccc2nccc(N3CCCN(CCN(Cc4ccccc4)C(=O)O)CC3)c2n1. The number of hydrogen-bond acceptors (Lipinski definition) is 6. The Hall–Kier alpha value is -3.39. The Morgan fingerprint density at radius 3 is 2.72 bits per heavy atom. The van der Waals surface area contributed by atoms with Gasteiger partial charge in [0.15, 0.2) is 0 Å². The summed E-state index contributed by atoms with van der Waals surface area (Å²) < 4.78 is 5.30. The van der Waals surface area contributed by atoms with Crippen LogP contribution in [0.15, 0.2) is 54.7 Å². The second-order valence-electron chi connectivity index (χ2n) is 7.92. The van der Waals surface area contributed by atoms with Gasteiger partial charge in [0, 0.05) is 51.5 Å². The van der Waals surface area contributed by atoms with Crippen LogP contribution in [-0.4, -0.2) is 77.3 Å². The van der Waals surface area contributed by atoms with Crippen molar-refractivity contribution >= 4 is 22.8 Å². The molecule has 8 nitrogen and oxygen atoms in total. The zero-order valence-electron chi connectivity index (χ0n) is 18.4. The minimum Gasteiger partial charge on any atom is -0.481 e. The van der Waals surface area contributed by atoms with Gasteiger partial charge >= 0.3 is 6.09 Å². The summed E-state index contributed by atoms with van der Waals surface area (Å²) in [4.78, 5) is 27.0. The highest BCUT2D eigenvalue weighted by Crippen LogP contribution is 2.26. The molecule has 0 aliphatic carbocycles. The van der Waals surface area contributed by atoms with Gasteiger partial charge in [-0.25, -0.2) is 9.78 Å². The second-order valence-corrected chi connectivity index (χ2v) is 7.92. The fourth-order valence-electron chi connectivity index (χ4n) is 4.11. The summed E-state index contributed by atoms with van der Waals surface area (Å²) in [6.45, 7) is 5.19. The fourth-order valence-corrected chi connectivity index (χ4v) is 4.11. The van der Waals surface area contributed by atoms with Crippen LogP contribution >= 0.6 is 0 Å². The smallest absolute Gasteiger partial charge is 0.407 e. The average molecular weight is 436 g/mol. The van der Waals surface area contributed by atoms with Crippen LogP contribution in [-0.2, 0) is 6.54 Å². The van der Waals surface area contributed by atoms with Gasteiger partial charge in [-0.1, -0.05) is 30.3 Å². The molecular weight excluding hydrogens is 406 g/mol. The highest BCUT2D eigenvalue weighted by Gasteiger charge is 2.20. The first-order valence-electron chi connectivity index (χ1n) is 10.9. The van der Waals surface area contributed by atoms with E-state index in [1.54, 1.807) is 7.11 Å². The minimum atomic E-state index is -0.881. The summed E-state index contributed by atoms with van der Waals surface area (Å²) in [7, 11) is 1.62. The van der Waals surface area contributed by atoms with E-state index < -0.39 is 6.09 Å². The number of anilines is 1. The second kappa shape index (κ2) is 10.3. The molecule has 3 heterocycles. The number of carbonyl (C=O) groups is 1. The number of amides is 1. The molecule has 8 heteroatoms. The summed E-state index contributed by atoms with van der Waals surface area (Å²) in [6, 6.07) is 15.5. The maximum absolute atomic E-state index is 11.7. The summed E-state index contributed by atoms with van der Waals surface area (Å²) in [5, 5.41) is 9.63. The van der Waals surface area contributed by atoms with E-state index in [4.69, 9.17) is 4.74 Å². The lowest BCUT2D eigenvalue weighted by Crippen LogP contribution is -2.39. The van der Waals surface area contributed by atoms with E-state index in [1.165, 1.54) is 4.90 Å². The van der Waals surface area contributed by atoms with E-state index in [0.29, 0.717) is 19.0 Å². The van der Waals surface area contributed by atoms with Crippen molar-refractivity contribution in [1.29, 1.82) is 0 Å². The Labute approximate surface area is 188 Å². The van der Waals surface area contributed by atoms with E-state index in [0.717, 1.165) is 61.4 Å². The molecule has 3 aromatic rings. The van der Waals surface area contributed by atoms with Crippen molar-refractivity contribution in [2.75, 3.05) is 51.3 Å². The molecule has 0 atom stereocenters. The number of hydrogen-bond donors (Lipinski definition) is 1. The van der Waals surface area contributed by atoms with Crippen molar-refractivity contribution in [2.24, 2.45) is 0 Å². The van der Waals surface area contributed by atoms with Crippen LogP contribution in [0.5, 0.6) is 5.88 Å². The molecule has 0 unspecified atom stereocenters. The summed E-state index contributed by atoms with van der Waals surface area (Å²) in [5.41, 5.74) is 3.76. The molecular formula is C24H29N5O3. The van der Waals surface area contributed by atoms with Crippen molar-refractivity contribution in [2.45, 2.75) is 13.0 Å². The molecule has 4 rings (SSSR count). The number of ether oxygens (including phenoxy) is 1. The van der Waals surface area contributed by atoms with Crippen molar-refractivity contribution in [3.63, 3.8) is 0 Å². The number of benzene rings is 1. The quantitative estimate of drug-likeness (QED) is 0.610. The predicted octanol–water partition coefficient (Wildman–Crippen LogP) is 3.33. The van der Waals surface area contributed by atoms with Crippen LogP contribution < -0.4 is 9.64 Å². The Balaban J connectivity index is 1.39. The largest absolute Gasteiger partial charge is 0.481 e. The molecule has 1 saturated heterocycles. The van der Waals surface area contributed by atoms with Gasteiger partial charge in [-0.2, -0.15) is 0 Å². The first-order valence-corrected chi connectivity index (χ1v) is 10.9. The van der Waals surface area contributed by atoms with Gasteiger partial charge in [0.1, 0.15) is 5.52 Å². The summed E-state index contributed by atoms with van der Waals surface area (Å²) in [6.07, 6.45) is 1.94. The molecule has 168 valence electrons. The first kappa shape index (κ1) is 21.8. The molecule has 0 spiro atoms. The van der Waals surface area contributed by atoms with Gasteiger partial charge in [0.2, 0.25) is 5.88 Å². The molecule has 1 aromatic carbocycles. The predicted molar refractivity (Wildman–Crippen MR) is 124 cm³/mol. The van der Waals surface area contributed by atoms with Gasteiger partial charge in [-0.3, -0.25) is 9.88 Å². The Kier molecular flexibility index (Phi) is 7.01. The summed E-state index contributed by atoms with van der Waals surface area (Å²) >= 11 is 0. The molecule has 1 aliphatic rings. The lowest BCUT2D eigenvalue weighted by molar-refractivity contribution is 0.134. The molecule has 2 aromatic heterocycles. The lowest BCUT2D eigenvalue weighted by Gasteiger charge is -2.26. The van der Waals surface area contributed by atoms with E-state index in [-0.39, 0.29) is 0 Å². The number of nitrogens with zero attached hydrogens (tertiary/aromatic N) is 5. The van der Waals surface area contributed by atoms with E-state index in [1.807, 2.05) is 54.7 Å². The molecule has 1 fully saturated rings. The molecule has 0 saturated carbocycles. The highest BCUT2D eigenvalue weighted by molar-refractivity contribution is 5.88. The maximum atomic E-state index is 11.7. The highest BCUT2D eigenvalue weighted by atomic mass is 16.5. The van der Waals surface area contributed by atoms with Gasteiger partial charge in [-0.15, -0.1) is 0 Å². The zero-order valence-corrected chi connectivity index (χ0v) is 18.4.